The number of benzene rings is 1. The fraction of sp³-hybridized carbons (Fsp3) is 0.562. The molecule has 0 fully saturated rings. The van der Waals surface area contributed by atoms with Crippen molar-refractivity contribution < 1.29 is 9.47 Å². The third-order valence-electron chi connectivity index (χ3n) is 3.30. The lowest BCUT2D eigenvalue weighted by molar-refractivity contribution is 0.296. The van der Waals surface area contributed by atoms with Crippen LogP contribution in [0.15, 0.2) is 23.2 Å². The largest absolute Gasteiger partial charge is 0.490 e. The number of aliphatic imine (C=N–C) groups is 1. The fourth-order valence-corrected chi connectivity index (χ4v) is 2.09. The van der Waals surface area contributed by atoms with Gasteiger partial charge in [0.2, 0.25) is 0 Å². The third-order valence-corrected chi connectivity index (χ3v) is 3.30. The first-order valence-corrected chi connectivity index (χ1v) is 7.58. The number of hydrogen-bond acceptors (Lipinski definition) is 3. The topological polar surface area (TPSA) is 68.9 Å². The lowest BCUT2D eigenvalue weighted by Gasteiger charge is -2.11. The lowest BCUT2D eigenvalue weighted by atomic mass is 10.1. The van der Waals surface area contributed by atoms with Crippen molar-refractivity contribution in [3.8, 4) is 11.5 Å². The monoisotopic (exact) mass is 419 g/mol. The number of rotatable bonds is 5. The van der Waals surface area contributed by atoms with E-state index < -0.39 is 0 Å². The summed E-state index contributed by atoms with van der Waals surface area (Å²) in [6.45, 7) is 7.08. The summed E-state index contributed by atoms with van der Waals surface area (Å²) in [6.07, 6.45) is 1.98. The van der Waals surface area contributed by atoms with Crippen LogP contribution in [0.4, 0.5) is 0 Å². The molecule has 0 saturated heterocycles. The summed E-state index contributed by atoms with van der Waals surface area (Å²) in [5, 5.41) is 3.13. The van der Waals surface area contributed by atoms with E-state index in [1.807, 2.05) is 18.2 Å². The normalized spacial score (nSPS) is 14.2. The predicted molar refractivity (Wildman–Crippen MR) is 100 cm³/mol. The van der Waals surface area contributed by atoms with E-state index in [-0.39, 0.29) is 24.0 Å². The van der Waals surface area contributed by atoms with Crippen LogP contribution in [0.2, 0.25) is 0 Å². The van der Waals surface area contributed by atoms with Gasteiger partial charge in [0.15, 0.2) is 17.5 Å². The van der Waals surface area contributed by atoms with E-state index in [2.05, 4.69) is 24.2 Å². The SMILES string of the molecule is CC(C)CCNC(N)=NCc1cccc2c1OCCCO2.I. The summed E-state index contributed by atoms with van der Waals surface area (Å²) in [7, 11) is 0. The Bertz CT molecular complexity index is 492. The van der Waals surface area contributed by atoms with Crippen LogP contribution in [0.1, 0.15) is 32.3 Å². The van der Waals surface area contributed by atoms with Crippen molar-refractivity contribution in [2.45, 2.75) is 33.2 Å². The minimum atomic E-state index is 0. The molecule has 1 heterocycles. The van der Waals surface area contributed by atoms with Crippen molar-refractivity contribution in [3.63, 3.8) is 0 Å². The molecule has 5 nitrogen and oxygen atoms in total. The minimum Gasteiger partial charge on any atom is -0.490 e. The van der Waals surface area contributed by atoms with E-state index in [1.165, 1.54) is 0 Å². The second-order valence-electron chi connectivity index (χ2n) is 5.61. The molecule has 0 unspecified atom stereocenters. The fourth-order valence-electron chi connectivity index (χ4n) is 2.09. The van der Waals surface area contributed by atoms with E-state index in [0.29, 0.717) is 31.6 Å². The molecule has 0 aliphatic carbocycles. The smallest absolute Gasteiger partial charge is 0.188 e. The average molecular weight is 419 g/mol. The van der Waals surface area contributed by atoms with Gasteiger partial charge in [-0.1, -0.05) is 26.0 Å². The second kappa shape index (κ2) is 9.76. The maximum atomic E-state index is 5.88. The van der Waals surface area contributed by atoms with Gasteiger partial charge in [0.1, 0.15) is 0 Å². The highest BCUT2D eigenvalue weighted by molar-refractivity contribution is 14.0. The zero-order valence-corrected chi connectivity index (χ0v) is 15.6. The Kier molecular flexibility index (Phi) is 8.37. The van der Waals surface area contributed by atoms with E-state index in [1.54, 1.807) is 0 Å². The molecule has 1 aromatic carbocycles. The van der Waals surface area contributed by atoms with Gasteiger partial charge in [-0.2, -0.15) is 0 Å². The first-order valence-electron chi connectivity index (χ1n) is 7.58. The zero-order valence-electron chi connectivity index (χ0n) is 13.3. The molecule has 2 rings (SSSR count). The summed E-state index contributed by atoms with van der Waals surface area (Å²) in [5.41, 5.74) is 6.88. The molecule has 3 N–H and O–H groups in total. The van der Waals surface area contributed by atoms with Gasteiger partial charge in [0.05, 0.1) is 19.8 Å². The van der Waals surface area contributed by atoms with E-state index in [0.717, 1.165) is 36.4 Å². The van der Waals surface area contributed by atoms with Crippen LogP contribution in [0.25, 0.3) is 0 Å². The van der Waals surface area contributed by atoms with Crippen molar-refractivity contribution in [3.05, 3.63) is 23.8 Å². The Labute approximate surface area is 149 Å². The predicted octanol–water partition coefficient (Wildman–Crippen LogP) is 2.92. The molecule has 0 atom stereocenters. The van der Waals surface area contributed by atoms with Crippen LogP contribution < -0.4 is 20.5 Å². The van der Waals surface area contributed by atoms with E-state index in [4.69, 9.17) is 15.2 Å². The van der Waals surface area contributed by atoms with Crippen LogP contribution in [0, 0.1) is 5.92 Å². The first kappa shape index (κ1) is 18.9. The molecule has 1 aromatic rings. The average Bonchev–Trinajstić information content (AvgIpc) is 2.70. The highest BCUT2D eigenvalue weighted by atomic mass is 127. The van der Waals surface area contributed by atoms with E-state index in [9.17, 15) is 0 Å². The molecule has 0 saturated carbocycles. The Hall–Kier alpha value is -1.18. The van der Waals surface area contributed by atoms with E-state index >= 15 is 0 Å². The van der Waals surface area contributed by atoms with Crippen molar-refractivity contribution in [1.82, 2.24) is 5.32 Å². The molecule has 1 aliphatic heterocycles. The number of nitrogens with two attached hydrogens (primary N) is 1. The molecular weight excluding hydrogens is 393 g/mol. The van der Waals surface area contributed by atoms with Crippen LogP contribution >= 0.6 is 24.0 Å². The van der Waals surface area contributed by atoms with Gasteiger partial charge in [0.25, 0.3) is 0 Å². The summed E-state index contributed by atoms with van der Waals surface area (Å²) in [4.78, 5) is 4.38. The molecule has 0 amide bonds. The number of guanidine groups is 1. The number of halogens is 1. The van der Waals surface area contributed by atoms with Gasteiger partial charge in [-0.25, -0.2) is 4.99 Å². The molecule has 1 aliphatic rings. The molecule has 0 aromatic heterocycles. The zero-order chi connectivity index (χ0) is 15.1. The number of ether oxygens (including phenoxy) is 2. The molecule has 124 valence electrons. The summed E-state index contributed by atoms with van der Waals surface area (Å²) >= 11 is 0. The van der Waals surface area contributed by atoms with Crippen LogP contribution in [-0.2, 0) is 6.54 Å². The molecule has 22 heavy (non-hydrogen) atoms. The highest BCUT2D eigenvalue weighted by Gasteiger charge is 2.13. The molecule has 0 bridgehead atoms. The maximum Gasteiger partial charge on any atom is 0.188 e. The Morgan fingerprint density at radius 3 is 2.86 bits per heavy atom. The molecule has 0 spiro atoms. The van der Waals surface area contributed by atoms with Crippen molar-refractivity contribution in [2.75, 3.05) is 19.8 Å². The molecular formula is C16H26IN3O2. The Morgan fingerprint density at radius 1 is 1.32 bits per heavy atom. The minimum absolute atomic E-state index is 0. The molecule has 0 radical (unpaired) electrons. The van der Waals surface area contributed by atoms with Crippen molar-refractivity contribution in [2.24, 2.45) is 16.6 Å². The van der Waals surface area contributed by atoms with Crippen LogP contribution in [0.5, 0.6) is 11.5 Å². The van der Waals surface area contributed by atoms with Gasteiger partial charge < -0.3 is 20.5 Å². The lowest BCUT2D eigenvalue weighted by Crippen LogP contribution is -2.32. The number of hydrogen-bond donors (Lipinski definition) is 2. The summed E-state index contributed by atoms with van der Waals surface area (Å²) in [6, 6.07) is 5.89. The van der Waals surface area contributed by atoms with Crippen LogP contribution in [0.3, 0.4) is 0 Å². The standard InChI is InChI=1S/C16H25N3O2.HI/c1-12(2)7-8-18-16(17)19-11-13-5-3-6-14-15(13)21-10-4-9-20-14;/h3,5-6,12H,4,7-11H2,1-2H3,(H3,17,18,19);1H. The highest BCUT2D eigenvalue weighted by Crippen LogP contribution is 2.33. The second-order valence-corrected chi connectivity index (χ2v) is 5.61. The third kappa shape index (κ3) is 5.90. The Balaban J connectivity index is 0.00000242. The van der Waals surface area contributed by atoms with Crippen molar-refractivity contribution >= 4 is 29.9 Å². The van der Waals surface area contributed by atoms with Gasteiger partial charge >= 0.3 is 0 Å². The number of nitrogens with zero attached hydrogens (tertiary/aromatic N) is 1. The van der Waals surface area contributed by atoms with Crippen LogP contribution in [-0.4, -0.2) is 25.7 Å². The molecule has 6 heteroatoms. The quantitative estimate of drug-likeness (QED) is 0.438. The Morgan fingerprint density at radius 2 is 2.09 bits per heavy atom. The van der Waals surface area contributed by atoms with Gasteiger partial charge in [-0.15, -0.1) is 24.0 Å². The summed E-state index contributed by atoms with van der Waals surface area (Å²) in [5.74, 6) is 2.73. The van der Waals surface area contributed by atoms with Gasteiger partial charge in [-0.05, 0) is 18.4 Å². The van der Waals surface area contributed by atoms with Gasteiger partial charge in [-0.3, -0.25) is 0 Å². The number of nitrogens with one attached hydrogen (secondary N) is 1. The maximum absolute atomic E-state index is 5.88. The van der Waals surface area contributed by atoms with Gasteiger partial charge in [0, 0.05) is 18.5 Å². The summed E-state index contributed by atoms with van der Waals surface area (Å²) < 4.78 is 11.4. The first-order chi connectivity index (χ1) is 10.2. The van der Waals surface area contributed by atoms with Crippen molar-refractivity contribution in [1.29, 1.82) is 0 Å². The number of para-hydroxylation sites is 1. The number of fused-ring (bicyclic) bond motifs is 1.